The van der Waals surface area contributed by atoms with Crippen LogP contribution in [0.2, 0.25) is 0 Å². The zero-order valence-electron chi connectivity index (χ0n) is 13.2. The number of β-lactam (4-membered cyclic amide) rings is 1. The van der Waals surface area contributed by atoms with E-state index >= 15 is 0 Å². The predicted molar refractivity (Wildman–Crippen MR) is 86.9 cm³/mol. The number of nitriles is 1. The number of amides is 1. The smallest absolute Gasteiger partial charge is 0.362 e. The molecule has 0 aliphatic carbocycles. The first kappa shape index (κ1) is 17.3. The van der Waals surface area contributed by atoms with E-state index in [0.717, 1.165) is 0 Å². The average Bonchev–Trinajstić information content (AvgIpc) is 3.08. The maximum atomic E-state index is 12.4. The fraction of sp³-hybridized carbons (Fsp3) is 0.333. The minimum absolute atomic E-state index is 0.0414. The summed E-state index contributed by atoms with van der Waals surface area (Å²) in [6.07, 6.45) is -0.822. The molecule has 25 heavy (non-hydrogen) atoms. The average molecular weight is 380 g/mol. The van der Waals surface area contributed by atoms with Gasteiger partial charge < -0.3 is 14.2 Å². The molecule has 1 aromatic heterocycles. The van der Waals surface area contributed by atoms with E-state index in [0.29, 0.717) is 10.6 Å². The van der Waals surface area contributed by atoms with Crippen LogP contribution in [0.5, 0.6) is 5.75 Å². The number of esters is 2. The van der Waals surface area contributed by atoms with Gasteiger partial charge in [-0.1, -0.05) is 11.8 Å². The van der Waals surface area contributed by atoms with E-state index in [4.69, 9.17) is 19.5 Å². The number of thioether (sulfide) groups is 1. The molecule has 2 aliphatic rings. The van der Waals surface area contributed by atoms with Crippen LogP contribution in [0.15, 0.2) is 22.2 Å². The number of thiophene rings is 1. The fourth-order valence-electron chi connectivity index (χ4n) is 2.31. The van der Waals surface area contributed by atoms with Crippen molar-refractivity contribution in [2.45, 2.75) is 31.9 Å². The van der Waals surface area contributed by atoms with Crippen LogP contribution >= 0.6 is 23.1 Å². The van der Waals surface area contributed by atoms with E-state index in [2.05, 4.69) is 0 Å². The second-order valence-electron chi connectivity index (χ2n) is 5.09. The number of carbonyl (C=O) groups excluding carboxylic acids is 3. The molecule has 130 valence electrons. The normalized spacial score (nSPS) is 19.6. The van der Waals surface area contributed by atoms with Crippen molar-refractivity contribution in [2.75, 3.05) is 0 Å². The third-order valence-corrected chi connectivity index (χ3v) is 5.26. The minimum Gasteiger partial charge on any atom is -0.446 e. The lowest BCUT2D eigenvalue weighted by atomic mass is 10.2. The molecule has 0 N–H and O–H groups in total. The Bertz CT molecular complexity index is 824. The van der Waals surface area contributed by atoms with Gasteiger partial charge in [-0.3, -0.25) is 14.5 Å². The first-order valence-electron chi connectivity index (χ1n) is 7.17. The van der Waals surface area contributed by atoms with Crippen molar-refractivity contribution in [3.05, 3.63) is 27.1 Å². The highest BCUT2D eigenvalue weighted by Crippen LogP contribution is 2.47. The van der Waals surface area contributed by atoms with Gasteiger partial charge in [0, 0.05) is 13.8 Å². The summed E-state index contributed by atoms with van der Waals surface area (Å²) in [5.74, 6) is -1.35. The standard InChI is InChI=1S/C15H12N2O6S2/c1-7(18)21-8(2)22-14(20)13-15(25-12-5-11(19)17(12)13)23-9-3-4-24-10(9)6-16/h3-4,8,12H,5H2,1-2H3/t8-,12-/m1/s1. The lowest BCUT2D eigenvalue weighted by molar-refractivity contribution is -0.182. The number of fused-ring (bicyclic) bond motifs is 1. The van der Waals surface area contributed by atoms with E-state index in [9.17, 15) is 14.4 Å². The molecule has 1 amide bonds. The van der Waals surface area contributed by atoms with Gasteiger partial charge in [0.05, 0.1) is 11.8 Å². The zero-order valence-corrected chi connectivity index (χ0v) is 14.8. The number of rotatable bonds is 5. The predicted octanol–water partition coefficient (Wildman–Crippen LogP) is 1.93. The summed E-state index contributed by atoms with van der Waals surface area (Å²) in [5, 5.41) is 10.7. The summed E-state index contributed by atoms with van der Waals surface area (Å²) in [5.41, 5.74) is -0.0414. The second kappa shape index (κ2) is 6.78. The van der Waals surface area contributed by atoms with Crippen LogP contribution in [0, 0.1) is 11.3 Å². The van der Waals surface area contributed by atoms with Crippen molar-refractivity contribution in [1.82, 2.24) is 4.90 Å². The SMILES string of the molecule is CC(=O)O[C@@H](C)OC(=O)C1=C(Oc2ccsc2C#N)S[C@@H]2CC(=O)N12. The third kappa shape index (κ3) is 3.33. The van der Waals surface area contributed by atoms with Crippen molar-refractivity contribution >= 4 is 40.9 Å². The van der Waals surface area contributed by atoms with Gasteiger partial charge in [0.25, 0.3) is 0 Å². The van der Waals surface area contributed by atoms with Crippen molar-refractivity contribution in [1.29, 1.82) is 5.26 Å². The van der Waals surface area contributed by atoms with Gasteiger partial charge in [-0.05, 0) is 11.4 Å². The number of hydrogen-bond donors (Lipinski definition) is 0. The molecular weight excluding hydrogens is 368 g/mol. The lowest BCUT2D eigenvalue weighted by Crippen LogP contribution is -2.49. The van der Waals surface area contributed by atoms with E-state index in [-0.39, 0.29) is 28.5 Å². The molecule has 8 nitrogen and oxygen atoms in total. The van der Waals surface area contributed by atoms with E-state index in [1.165, 1.54) is 41.8 Å². The molecule has 0 spiro atoms. The van der Waals surface area contributed by atoms with Gasteiger partial charge in [0.15, 0.2) is 16.5 Å². The number of nitrogens with zero attached hydrogens (tertiary/aromatic N) is 2. The van der Waals surface area contributed by atoms with Gasteiger partial charge in [0.2, 0.25) is 12.2 Å². The maximum Gasteiger partial charge on any atom is 0.362 e. The van der Waals surface area contributed by atoms with Gasteiger partial charge in [0.1, 0.15) is 10.9 Å². The molecule has 2 atom stereocenters. The fourth-order valence-corrected chi connectivity index (χ4v) is 4.14. The van der Waals surface area contributed by atoms with Crippen LogP contribution in [0.4, 0.5) is 0 Å². The largest absolute Gasteiger partial charge is 0.446 e. The number of carbonyl (C=O) groups is 3. The molecule has 1 aromatic rings. The highest BCUT2D eigenvalue weighted by Gasteiger charge is 2.50. The van der Waals surface area contributed by atoms with Gasteiger partial charge in [-0.2, -0.15) is 5.26 Å². The first-order chi connectivity index (χ1) is 11.9. The highest BCUT2D eigenvalue weighted by molar-refractivity contribution is 8.03. The topological polar surface area (TPSA) is 106 Å². The Balaban J connectivity index is 1.84. The second-order valence-corrected chi connectivity index (χ2v) is 7.15. The molecule has 3 heterocycles. The molecule has 3 rings (SSSR count). The van der Waals surface area contributed by atoms with Crippen molar-refractivity contribution < 1.29 is 28.6 Å². The van der Waals surface area contributed by atoms with Crippen LogP contribution in [-0.2, 0) is 23.9 Å². The van der Waals surface area contributed by atoms with Crippen molar-refractivity contribution in [3.63, 3.8) is 0 Å². The summed E-state index contributed by atoms with van der Waals surface area (Å²) < 4.78 is 15.5. The van der Waals surface area contributed by atoms with E-state index < -0.39 is 18.2 Å². The summed E-state index contributed by atoms with van der Waals surface area (Å²) in [6.45, 7) is 2.59. The summed E-state index contributed by atoms with van der Waals surface area (Å²) >= 11 is 2.41. The number of ether oxygens (including phenoxy) is 3. The van der Waals surface area contributed by atoms with Crippen molar-refractivity contribution in [3.8, 4) is 11.8 Å². The zero-order chi connectivity index (χ0) is 18.1. The molecule has 0 radical (unpaired) electrons. The summed E-state index contributed by atoms with van der Waals surface area (Å²) in [6, 6.07) is 3.61. The van der Waals surface area contributed by atoms with Crippen LogP contribution in [-0.4, -0.2) is 34.4 Å². The first-order valence-corrected chi connectivity index (χ1v) is 8.93. The summed E-state index contributed by atoms with van der Waals surface area (Å²) in [7, 11) is 0. The molecular formula is C15H12N2O6S2. The third-order valence-electron chi connectivity index (χ3n) is 3.31. The molecule has 2 aliphatic heterocycles. The Kier molecular flexibility index (Phi) is 4.69. The van der Waals surface area contributed by atoms with Crippen molar-refractivity contribution in [2.24, 2.45) is 0 Å². The van der Waals surface area contributed by atoms with Crippen LogP contribution < -0.4 is 4.74 Å². The maximum absolute atomic E-state index is 12.4. The molecule has 1 saturated heterocycles. The Morgan fingerprint density at radius 3 is 2.84 bits per heavy atom. The van der Waals surface area contributed by atoms with Gasteiger partial charge >= 0.3 is 11.9 Å². The Labute approximate surface area is 150 Å². The minimum atomic E-state index is -1.10. The van der Waals surface area contributed by atoms with Crippen LogP contribution in [0.3, 0.4) is 0 Å². The molecule has 0 saturated carbocycles. The van der Waals surface area contributed by atoms with Gasteiger partial charge in [-0.15, -0.1) is 11.3 Å². The van der Waals surface area contributed by atoms with E-state index in [1.807, 2.05) is 6.07 Å². The monoisotopic (exact) mass is 380 g/mol. The van der Waals surface area contributed by atoms with E-state index in [1.54, 1.807) is 11.4 Å². The number of hydrogen-bond acceptors (Lipinski definition) is 9. The van der Waals surface area contributed by atoms with Gasteiger partial charge in [-0.25, -0.2) is 4.79 Å². The quantitative estimate of drug-likeness (QED) is 0.433. The molecule has 0 aromatic carbocycles. The molecule has 0 unspecified atom stereocenters. The van der Waals surface area contributed by atoms with Crippen LogP contribution in [0.25, 0.3) is 0 Å². The highest BCUT2D eigenvalue weighted by atomic mass is 32.2. The lowest BCUT2D eigenvalue weighted by Gasteiger charge is -2.33. The van der Waals surface area contributed by atoms with Crippen LogP contribution in [0.1, 0.15) is 25.1 Å². The molecule has 10 heteroatoms. The molecule has 0 bridgehead atoms. The Hall–Kier alpha value is -2.51. The Morgan fingerprint density at radius 2 is 2.20 bits per heavy atom. The summed E-state index contributed by atoms with van der Waals surface area (Å²) in [4.78, 5) is 36.9. The molecule has 1 fully saturated rings. The Morgan fingerprint density at radius 1 is 1.44 bits per heavy atom.